The minimum absolute atomic E-state index is 0.0729. The lowest BCUT2D eigenvalue weighted by molar-refractivity contribution is -0.131. The Labute approximate surface area is 128 Å². The van der Waals surface area contributed by atoms with Gasteiger partial charge in [0.15, 0.2) is 9.84 Å². The molecule has 1 fully saturated rings. The third kappa shape index (κ3) is 4.31. The molecule has 0 bridgehead atoms. The predicted octanol–water partition coefficient (Wildman–Crippen LogP) is 2.69. The van der Waals surface area contributed by atoms with Gasteiger partial charge in [0.2, 0.25) is 5.91 Å². The van der Waals surface area contributed by atoms with Crippen molar-refractivity contribution in [3.63, 3.8) is 0 Å². The number of carbonyl (C=O) groups is 1. The topological polar surface area (TPSA) is 54.5 Å². The van der Waals surface area contributed by atoms with Crippen molar-refractivity contribution in [2.45, 2.75) is 69.1 Å². The number of hydrogen-bond donors (Lipinski definition) is 0. The first-order chi connectivity index (χ1) is 9.89. The van der Waals surface area contributed by atoms with E-state index in [0.717, 1.165) is 38.5 Å². The first-order valence-corrected chi connectivity index (χ1v) is 9.97. The van der Waals surface area contributed by atoms with E-state index in [4.69, 9.17) is 0 Å². The summed E-state index contributed by atoms with van der Waals surface area (Å²) in [6, 6.07) is -0.148. The molecule has 2 rings (SSSR count). The van der Waals surface area contributed by atoms with Crippen molar-refractivity contribution < 1.29 is 13.2 Å². The molecule has 0 saturated heterocycles. The number of amides is 1. The highest BCUT2D eigenvalue weighted by molar-refractivity contribution is 7.91. The van der Waals surface area contributed by atoms with Crippen LogP contribution >= 0.6 is 0 Å². The summed E-state index contributed by atoms with van der Waals surface area (Å²) in [7, 11) is -1.32. The Kier molecular flexibility index (Phi) is 5.47. The van der Waals surface area contributed by atoms with Gasteiger partial charge in [0.25, 0.3) is 0 Å². The molecule has 2 aliphatic carbocycles. The van der Waals surface area contributed by atoms with Gasteiger partial charge in [-0.25, -0.2) is 8.42 Å². The van der Waals surface area contributed by atoms with Crippen LogP contribution in [0.3, 0.4) is 0 Å². The third-order valence-corrected chi connectivity index (χ3v) is 6.52. The molecule has 0 unspecified atom stereocenters. The Morgan fingerprint density at radius 3 is 2.57 bits per heavy atom. The molecular weight excluding hydrogens is 286 g/mol. The average molecular weight is 313 g/mol. The summed E-state index contributed by atoms with van der Waals surface area (Å²) in [5.41, 5.74) is 1.23. The van der Waals surface area contributed by atoms with Gasteiger partial charge in [0.05, 0.1) is 5.25 Å². The van der Waals surface area contributed by atoms with Gasteiger partial charge < -0.3 is 4.90 Å². The maximum Gasteiger partial charge on any atom is 0.226 e. The van der Waals surface area contributed by atoms with Gasteiger partial charge in [-0.1, -0.05) is 24.5 Å². The van der Waals surface area contributed by atoms with Gasteiger partial charge in [0, 0.05) is 25.8 Å². The van der Waals surface area contributed by atoms with Crippen molar-refractivity contribution >= 4 is 15.7 Å². The summed E-state index contributed by atoms with van der Waals surface area (Å²) in [6.45, 7) is 0. The second-order valence-electron chi connectivity index (χ2n) is 6.51. The van der Waals surface area contributed by atoms with E-state index in [1.54, 1.807) is 11.9 Å². The van der Waals surface area contributed by atoms with E-state index in [1.165, 1.54) is 18.2 Å². The molecule has 21 heavy (non-hydrogen) atoms. The molecule has 0 radical (unpaired) electrons. The summed E-state index contributed by atoms with van der Waals surface area (Å²) in [5.74, 6) is 0.0729. The molecule has 1 amide bonds. The Hall–Kier alpha value is -0.840. The van der Waals surface area contributed by atoms with E-state index < -0.39 is 9.84 Å². The molecule has 0 aromatic carbocycles. The van der Waals surface area contributed by atoms with Crippen LogP contribution in [0.25, 0.3) is 0 Å². The van der Waals surface area contributed by atoms with E-state index in [0.29, 0.717) is 12.8 Å². The highest BCUT2D eigenvalue weighted by atomic mass is 32.2. The van der Waals surface area contributed by atoms with Crippen LogP contribution in [0, 0.1) is 0 Å². The maximum absolute atomic E-state index is 12.5. The zero-order chi connectivity index (χ0) is 15.5. The molecule has 120 valence electrons. The molecule has 0 N–H and O–H groups in total. The monoisotopic (exact) mass is 313 g/mol. The van der Waals surface area contributed by atoms with Gasteiger partial charge in [-0.05, 0) is 38.5 Å². The number of sulfone groups is 1. The fraction of sp³-hybridized carbons (Fsp3) is 0.812. The van der Waals surface area contributed by atoms with Crippen molar-refractivity contribution in [2.24, 2.45) is 0 Å². The van der Waals surface area contributed by atoms with Crippen molar-refractivity contribution in [3.05, 3.63) is 11.6 Å². The Bertz CT molecular complexity index is 510. The van der Waals surface area contributed by atoms with E-state index in [2.05, 4.69) is 6.08 Å². The van der Waals surface area contributed by atoms with Gasteiger partial charge >= 0.3 is 0 Å². The molecule has 0 aromatic heterocycles. The van der Waals surface area contributed by atoms with Crippen molar-refractivity contribution in [1.29, 1.82) is 0 Å². The van der Waals surface area contributed by atoms with Crippen LogP contribution in [0.1, 0.15) is 57.8 Å². The molecule has 0 spiro atoms. The lowest BCUT2D eigenvalue weighted by atomic mass is 9.92. The van der Waals surface area contributed by atoms with E-state index >= 15 is 0 Å². The molecular formula is C16H27NO3S. The van der Waals surface area contributed by atoms with E-state index in [-0.39, 0.29) is 17.2 Å². The van der Waals surface area contributed by atoms with Crippen molar-refractivity contribution in [1.82, 2.24) is 4.90 Å². The van der Waals surface area contributed by atoms with Crippen LogP contribution in [0.4, 0.5) is 0 Å². The molecule has 0 aliphatic heterocycles. The minimum atomic E-state index is -3.10. The molecule has 5 heteroatoms. The van der Waals surface area contributed by atoms with Crippen LogP contribution in [0.5, 0.6) is 0 Å². The lowest BCUT2D eigenvalue weighted by Crippen LogP contribution is -2.49. The Morgan fingerprint density at radius 2 is 1.95 bits per heavy atom. The normalized spacial score (nSPS) is 27.0. The largest absolute Gasteiger partial charge is 0.341 e. The van der Waals surface area contributed by atoms with Crippen molar-refractivity contribution in [2.75, 3.05) is 13.3 Å². The third-order valence-electron chi connectivity index (χ3n) is 4.87. The minimum Gasteiger partial charge on any atom is -0.341 e. The number of rotatable bonds is 4. The van der Waals surface area contributed by atoms with E-state index in [9.17, 15) is 13.2 Å². The highest BCUT2D eigenvalue weighted by Crippen LogP contribution is 2.29. The van der Waals surface area contributed by atoms with Crippen molar-refractivity contribution in [3.8, 4) is 0 Å². The quantitative estimate of drug-likeness (QED) is 0.750. The number of allylic oxidation sites excluding steroid dienone is 1. The van der Waals surface area contributed by atoms with E-state index in [1.807, 2.05) is 0 Å². The molecule has 2 atom stereocenters. The summed E-state index contributed by atoms with van der Waals surface area (Å²) < 4.78 is 23.9. The molecule has 4 nitrogen and oxygen atoms in total. The zero-order valence-electron chi connectivity index (χ0n) is 13.2. The Balaban J connectivity index is 2.04. The maximum atomic E-state index is 12.5. The second-order valence-corrected chi connectivity index (χ2v) is 8.77. The predicted molar refractivity (Wildman–Crippen MR) is 84.8 cm³/mol. The fourth-order valence-corrected chi connectivity index (χ4v) is 5.07. The van der Waals surface area contributed by atoms with Gasteiger partial charge in [-0.2, -0.15) is 0 Å². The Morgan fingerprint density at radius 1 is 1.24 bits per heavy atom. The number of hydrogen-bond acceptors (Lipinski definition) is 3. The first-order valence-electron chi connectivity index (χ1n) is 8.02. The smallest absolute Gasteiger partial charge is 0.226 e. The standard InChI is InChI=1S/C16H27NO3S/c1-17(16(18)12-13-8-4-3-5-9-13)14-10-6-7-11-15(14)21(2,19)20/h8,14-15H,3-7,9-12H2,1-2H3/t14-,15-/m1/s1. The van der Waals surface area contributed by atoms with Crippen LogP contribution in [-0.2, 0) is 14.6 Å². The van der Waals surface area contributed by atoms with Gasteiger partial charge in [-0.15, -0.1) is 0 Å². The molecule has 0 heterocycles. The SMILES string of the molecule is CN(C(=O)CC1=CCCCC1)[C@@H]1CCCC[C@H]1S(C)(=O)=O. The highest BCUT2D eigenvalue weighted by Gasteiger charge is 2.36. The average Bonchev–Trinajstić information content (AvgIpc) is 2.46. The molecule has 2 aliphatic rings. The molecule has 0 aromatic rings. The number of carbonyl (C=O) groups excluding carboxylic acids is 1. The fourth-order valence-electron chi connectivity index (χ4n) is 3.59. The summed E-state index contributed by atoms with van der Waals surface area (Å²) >= 11 is 0. The van der Waals surface area contributed by atoms with Gasteiger partial charge in [0.1, 0.15) is 0 Å². The second kappa shape index (κ2) is 6.95. The van der Waals surface area contributed by atoms with Crippen LogP contribution in [0.2, 0.25) is 0 Å². The zero-order valence-corrected chi connectivity index (χ0v) is 14.0. The summed E-state index contributed by atoms with van der Waals surface area (Å²) in [5, 5.41) is -0.388. The van der Waals surface area contributed by atoms with Gasteiger partial charge in [-0.3, -0.25) is 4.79 Å². The summed E-state index contributed by atoms with van der Waals surface area (Å²) in [4.78, 5) is 14.2. The van der Waals surface area contributed by atoms with Crippen LogP contribution in [-0.4, -0.2) is 43.8 Å². The number of nitrogens with zero attached hydrogens (tertiary/aromatic N) is 1. The summed E-state index contributed by atoms with van der Waals surface area (Å²) in [6.07, 6.45) is 11.9. The van der Waals surface area contributed by atoms with Crippen LogP contribution < -0.4 is 0 Å². The molecule has 1 saturated carbocycles. The lowest BCUT2D eigenvalue weighted by Gasteiger charge is -2.37. The van der Waals surface area contributed by atoms with Crippen LogP contribution in [0.15, 0.2) is 11.6 Å². The first kappa shape index (κ1) is 16.5.